The minimum Gasteiger partial charge on any atom is -0.338 e. The molecule has 1 unspecified atom stereocenters. The molecule has 1 aliphatic heterocycles. The predicted molar refractivity (Wildman–Crippen MR) is 74.2 cm³/mol. The minimum absolute atomic E-state index is 0.0720. The summed E-state index contributed by atoms with van der Waals surface area (Å²) >= 11 is 0. The Bertz CT molecular complexity index is 696. The molecule has 1 atom stereocenters. The van der Waals surface area contributed by atoms with E-state index in [9.17, 15) is 18.0 Å². The molecule has 7 heteroatoms. The van der Waals surface area contributed by atoms with Crippen molar-refractivity contribution in [3.63, 3.8) is 0 Å². The molecule has 1 saturated heterocycles. The number of amides is 1. The summed E-state index contributed by atoms with van der Waals surface area (Å²) in [6.07, 6.45) is -2.52. The van der Waals surface area contributed by atoms with E-state index in [4.69, 9.17) is 0 Å². The van der Waals surface area contributed by atoms with Gasteiger partial charge in [0.05, 0.1) is 23.2 Å². The molecule has 22 heavy (non-hydrogen) atoms. The smallest absolute Gasteiger partial charge is 0.338 e. The molecule has 0 radical (unpaired) electrons. The Kier molecular flexibility index (Phi) is 3.72. The van der Waals surface area contributed by atoms with Gasteiger partial charge in [-0.05, 0) is 18.9 Å². The highest BCUT2D eigenvalue weighted by molar-refractivity contribution is 6.05. The number of fused-ring (bicyclic) bond motifs is 1. The summed E-state index contributed by atoms with van der Waals surface area (Å²) in [6.45, 7) is 0.0427. The van der Waals surface area contributed by atoms with Crippen LogP contribution >= 0.6 is 0 Å². The topological polar surface area (TPSA) is 46.1 Å². The van der Waals surface area contributed by atoms with Crippen LogP contribution in [0.4, 0.5) is 13.2 Å². The van der Waals surface area contributed by atoms with E-state index in [1.807, 2.05) is 0 Å². The molecule has 1 aromatic carbocycles. The van der Waals surface area contributed by atoms with Crippen LogP contribution in [-0.4, -0.2) is 40.3 Å². The van der Waals surface area contributed by atoms with Gasteiger partial charge in [-0.25, -0.2) is 0 Å². The van der Waals surface area contributed by atoms with Crippen molar-refractivity contribution in [1.29, 1.82) is 0 Å². The first-order chi connectivity index (χ1) is 10.5. The van der Waals surface area contributed by atoms with Gasteiger partial charge < -0.3 is 4.90 Å². The Morgan fingerprint density at radius 2 is 2.05 bits per heavy atom. The first-order valence-electron chi connectivity index (χ1n) is 7.03. The molecular formula is C15H14F3N3O. The van der Waals surface area contributed by atoms with Gasteiger partial charge in [0.1, 0.15) is 0 Å². The lowest BCUT2D eigenvalue weighted by molar-refractivity contribution is -0.184. The van der Waals surface area contributed by atoms with Crippen LogP contribution < -0.4 is 0 Å². The summed E-state index contributed by atoms with van der Waals surface area (Å²) in [5.74, 6) is -1.87. The summed E-state index contributed by atoms with van der Waals surface area (Å²) < 4.78 is 38.6. The largest absolute Gasteiger partial charge is 0.393 e. The van der Waals surface area contributed by atoms with Crippen molar-refractivity contribution in [3.05, 3.63) is 36.0 Å². The lowest BCUT2D eigenvalue weighted by Crippen LogP contribution is -2.44. The number of alkyl halides is 3. The maximum absolute atomic E-state index is 12.9. The summed E-state index contributed by atoms with van der Waals surface area (Å²) in [4.78, 5) is 13.8. The molecule has 1 amide bonds. The summed E-state index contributed by atoms with van der Waals surface area (Å²) in [6, 6.07) is 6.97. The third-order valence-corrected chi connectivity index (χ3v) is 3.95. The number of halogens is 3. The molecule has 1 aliphatic rings. The molecular weight excluding hydrogens is 295 g/mol. The summed E-state index contributed by atoms with van der Waals surface area (Å²) in [5, 5.41) is 8.31. The standard InChI is InChI=1S/C15H14F3N3O/c16-15(17,18)10-4-3-7-21(9-10)14(22)12-8-19-20-13-6-2-1-5-11(12)13/h1-2,5-6,8,10H,3-4,7,9H2. The Morgan fingerprint density at radius 1 is 1.27 bits per heavy atom. The fourth-order valence-electron chi connectivity index (χ4n) is 2.78. The van der Waals surface area contributed by atoms with Gasteiger partial charge in [-0.3, -0.25) is 4.79 Å². The van der Waals surface area contributed by atoms with Gasteiger partial charge in [0.15, 0.2) is 0 Å². The molecule has 3 rings (SSSR count). The number of carbonyl (C=O) groups excluding carboxylic acids is 1. The van der Waals surface area contributed by atoms with E-state index in [0.717, 1.165) is 0 Å². The average Bonchev–Trinajstić information content (AvgIpc) is 2.53. The Labute approximate surface area is 124 Å². The first kappa shape index (κ1) is 14.7. The van der Waals surface area contributed by atoms with Crippen molar-refractivity contribution in [2.24, 2.45) is 5.92 Å². The number of nitrogens with zero attached hydrogens (tertiary/aromatic N) is 3. The molecule has 1 fully saturated rings. The van der Waals surface area contributed by atoms with E-state index in [0.29, 0.717) is 29.4 Å². The highest BCUT2D eigenvalue weighted by atomic mass is 19.4. The van der Waals surface area contributed by atoms with Crippen LogP contribution in [-0.2, 0) is 0 Å². The second-order valence-electron chi connectivity index (χ2n) is 5.41. The number of aromatic nitrogens is 2. The van der Waals surface area contributed by atoms with Crippen LogP contribution in [0, 0.1) is 5.92 Å². The molecule has 0 N–H and O–H groups in total. The zero-order valence-corrected chi connectivity index (χ0v) is 11.7. The number of rotatable bonds is 1. The maximum Gasteiger partial charge on any atom is 0.393 e. The number of benzene rings is 1. The number of piperidine rings is 1. The number of carbonyl (C=O) groups is 1. The lowest BCUT2D eigenvalue weighted by Gasteiger charge is -2.33. The van der Waals surface area contributed by atoms with Crippen molar-refractivity contribution in [2.45, 2.75) is 19.0 Å². The van der Waals surface area contributed by atoms with Gasteiger partial charge in [-0.1, -0.05) is 18.2 Å². The number of hydrogen-bond donors (Lipinski definition) is 0. The quantitative estimate of drug-likeness (QED) is 0.813. The van der Waals surface area contributed by atoms with Gasteiger partial charge in [-0.15, -0.1) is 0 Å². The SMILES string of the molecule is O=C(c1cnnc2ccccc12)N1CCCC(C(F)(F)F)C1. The van der Waals surface area contributed by atoms with Gasteiger partial charge in [0, 0.05) is 18.5 Å². The monoisotopic (exact) mass is 309 g/mol. The van der Waals surface area contributed by atoms with Crippen LogP contribution in [0.2, 0.25) is 0 Å². The van der Waals surface area contributed by atoms with Crippen molar-refractivity contribution in [2.75, 3.05) is 13.1 Å². The fourth-order valence-corrected chi connectivity index (χ4v) is 2.78. The van der Waals surface area contributed by atoms with Crippen LogP contribution in [0.5, 0.6) is 0 Å². The Hall–Kier alpha value is -2.18. The van der Waals surface area contributed by atoms with E-state index < -0.39 is 18.0 Å². The van der Waals surface area contributed by atoms with Gasteiger partial charge >= 0.3 is 6.18 Å². The Balaban J connectivity index is 1.90. The van der Waals surface area contributed by atoms with E-state index in [1.165, 1.54) is 11.1 Å². The zero-order chi connectivity index (χ0) is 15.7. The van der Waals surface area contributed by atoms with Crippen LogP contribution in [0.25, 0.3) is 10.9 Å². The highest BCUT2D eigenvalue weighted by Crippen LogP contribution is 2.33. The van der Waals surface area contributed by atoms with E-state index >= 15 is 0 Å². The van der Waals surface area contributed by atoms with Gasteiger partial charge in [0.25, 0.3) is 5.91 Å². The molecule has 0 spiro atoms. The molecule has 0 saturated carbocycles. The van der Waals surface area contributed by atoms with Crippen LogP contribution in [0.3, 0.4) is 0 Å². The molecule has 0 bridgehead atoms. The van der Waals surface area contributed by atoms with Crippen molar-refractivity contribution < 1.29 is 18.0 Å². The summed E-state index contributed by atoms with van der Waals surface area (Å²) in [5.41, 5.74) is 0.853. The summed E-state index contributed by atoms with van der Waals surface area (Å²) in [7, 11) is 0. The normalized spacial score (nSPS) is 19.4. The molecule has 2 heterocycles. The third-order valence-electron chi connectivity index (χ3n) is 3.95. The average molecular weight is 309 g/mol. The van der Waals surface area contributed by atoms with E-state index in [1.54, 1.807) is 24.3 Å². The molecule has 2 aromatic rings. The number of likely N-dealkylation sites (tertiary alicyclic amines) is 1. The maximum atomic E-state index is 12.9. The number of hydrogen-bond acceptors (Lipinski definition) is 3. The van der Waals surface area contributed by atoms with Crippen LogP contribution in [0.15, 0.2) is 30.5 Å². The van der Waals surface area contributed by atoms with Crippen molar-refractivity contribution in [3.8, 4) is 0 Å². The second kappa shape index (κ2) is 5.55. The molecule has 4 nitrogen and oxygen atoms in total. The third kappa shape index (κ3) is 2.75. The van der Waals surface area contributed by atoms with Crippen molar-refractivity contribution >= 4 is 16.8 Å². The lowest BCUT2D eigenvalue weighted by atomic mass is 9.96. The van der Waals surface area contributed by atoms with Crippen LogP contribution in [0.1, 0.15) is 23.2 Å². The molecule has 116 valence electrons. The van der Waals surface area contributed by atoms with E-state index in [2.05, 4.69) is 10.2 Å². The zero-order valence-electron chi connectivity index (χ0n) is 11.7. The minimum atomic E-state index is -4.27. The Morgan fingerprint density at radius 3 is 2.82 bits per heavy atom. The highest BCUT2D eigenvalue weighted by Gasteiger charge is 2.42. The van der Waals surface area contributed by atoms with Gasteiger partial charge in [0.2, 0.25) is 0 Å². The molecule has 1 aromatic heterocycles. The fraction of sp³-hybridized carbons (Fsp3) is 0.400. The van der Waals surface area contributed by atoms with Gasteiger partial charge in [-0.2, -0.15) is 23.4 Å². The first-order valence-corrected chi connectivity index (χ1v) is 7.03. The van der Waals surface area contributed by atoms with Crippen molar-refractivity contribution in [1.82, 2.24) is 15.1 Å². The van der Waals surface area contributed by atoms with E-state index in [-0.39, 0.29) is 13.0 Å². The second-order valence-corrected chi connectivity index (χ2v) is 5.41. The predicted octanol–water partition coefficient (Wildman–Crippen LogP) is 3.04. The molecule has 0 aliphatic carbocycles.